The van der Waals surface area contributed by atoms with E-state index >= 15 is 0 Å². The average molecular weight is 389 g/mol. The van der Waals surface area contributed by atoms with Crippen molar-refractivity contribution in [1.82, 2.24) is 0 Å². The summed E-state index contributed by atoms with van der Waals surface area (Å²) in [6.07, 6.45) is 0. The minimum atomic E-state index is -4.42. The third-order valence-electron chi connectivity index (χ3n) is 1.97. The summed E-state index contributed by atoms with van der Waals surface area (Å²) in [6.45, 7) is -4.12. The van der Waals surface area contributed by atoms with Gasteiger partial charge in [-0.3, -0.25) is 40.5 Å². The van der Waals surface area contributed by atoms with E-state index in [9.17, 15) is 49.2 Å². The fraction of sp³-hybridized carbons (Fsp3) is 1.00. The monoisotopic (exact) mass is 388 g/mol. The number of ether oxygens (including phenoxy) is 2. The molecule has 0 rings (SSSR count). The van der Waals surface area contributed by atoms with Crippen LogP contribution >= 0.6 is 23.2 Å². The standard InChI is InChI=1S/C5H4Cl2F2N4O10/c6-5(7,22-1-3(8,10(14)15)11(16)17)23-2-4(9,12(18)19)13(20)21/h1-2H2. The Morgan fingerprint density at radius 2 is 0.957 bits per heavy atom. The highest BCUT2D eigenvalue weighted by Crippen LogP contribution is 2.29. The molecule has 0 fully saturated rings. The zero-order valence-corrected chi connectivity index (χ0v) is 11.8. The molecule has 132 valence electrons. The van der Waals surface area contributed by atoms with E-state index < -0.39 is 49.4 Å². The molecule has 0 radical (unpaired) electrons. The van der Waals surface area contributed by atoms with Crippen LogP contribution in [0.15, 0.2) is 0 Å². The zero-order valence-electron chi connectivity index (χ0n) is 10.3. The van der Waals surface area contributed by atoms with E-state index in [-0.39, 0.29) is 0 Å². The Labute approximate surface area is 132 Å². The normalized spacial score (nSPS) is 12.7. The van der Waals surface area contributed by atoms with Gasteiger partial charge in [0.15, 0.2) is 0 Å². The average Bonchev–Trinajstić information content (AvgIpc) is 2.41. The van der Waals surface area contributed by atoms with Crippen LogP contribution in [0.1, 0.15) is 0 Å². The summed E-state index contributed by atoms with van der Waals surface area (Å²) in [4.78, 5) is 32.8. The van der Waals surface area contributed by atoms with E-state index in [4.69, 9.17) is 23.2 Å². The number of halogens is 4. The fourth-order valence-corrected chi connectivity index (χ4v) is 0.956. The Morgan fingerprint density at radius 3 is 1.13 bits per heavy atom. The van der Waals surface area contributed by atoms with Gasteiger partial charge in [-0.25, -0.2) is 0 Å². The van der Waals surface area contributed by atoms with Gasteiger partial charge in [-0.1, -0.05) is 8.78 Å². The molecule has 0 aromatic heterocycles. The molecule has 0 spiro atoms. The summed E-state index contributed by atoms with van der Waals surface area (Å²) in [7, 11) is 0. The Morgan fingerprint density at radius 1 is 0.739 bits per heavy atom. The van der Waals surface area contributed by atoms with Crippen LogP contribution in [0.25, 0.3) is 0 Å². The van der Waals surface area contributed by atoms with E-state index in [1.54, 1.807) is 0 Å². The summed E-state index contributed by atoms with van der Waals surface area (Å²) in [5.41, 5.74) is 0. The summed E-state index contributed by atoms with van der Waals surface area (Å²) < 4.78 is 31.1. The van der Waals surface area contributed by atoms with Crippen LogP contribution in [0.4, 0.5) is 8.78 Å². The van der Waals surface area contributed by atoms with E-state index in [0.717, 1.165) is 0 Å². The molecule has 0 saturated carbocycles. The van der Waals surface area contributed by atoms with Gasteiger partial charge in [-0.15, -0.1) is 0 Å². The van der Waals surface area contributed by atoms with Crippen molar-refractivity contribution in [2.75, 3.05) is 13.2 Å². The zero-order chi connectivity index (χ0) is 18.6. The lowest BCUT2D eigenvalue weighted by atomic mass is 10.5. The van der Waals surface area contributed by atoms with Crippen molar-refractivity contribution in [3.8, 4) is 0 Å². The van der Waals surface area contributed by atoms with Gasteiger partial charge in [0, 0.05) is 0 Å². The molecule has 0 N–H and O–H groups in total. The third kappa shape index (κ3) is 4.98. The van der Waals surface area contributed by atoms with Crippen molar-refractivity contribution in [3.05, 3.63) is 40.5 Å². The van der Waals surface area contributed by atoms with E-state index in [1.165, 1.54) is 0 Å². The summed E-state index contributed by atoms with van der Waals surface area (Å²) >= 11 is 10.1. The van der Waals surface area contributed by atoms with E-state index in [1.807, 2.05) is 0 Å². The number of hydrogen-bond acceptors (Lipinski definition) is 10. The molecular weight excluding hydrogens is 385 g/mol. The van der Waals surface area contributed by atoms with Crippen LogP contribution in [0.5, 0.6) is 0 Å². The topological polar surface area (TPSA) is 191 Å². The van der Waals surface area contributed by atoms with Crippen molar-refractivity contribution >= 4 is 23.2 Å². The van der Waals surface area contributed by atoms with Crippen molar-refractivity contribution in [2.24, 2.45) is 0 Å². The summed E-state index contributed by atoms with van der Waals surface area (Å²) in [5, 5.41) is 40.9. The highest BCUT2D eigenvalue weighted by atomic mass is 35.5. The molecule has 0 heterocycles. The van der Waals surface area contributed by atoms with Gasteiger partial charge in [-0.2, -0.15) is 0 Å². The maximum absolute atomic E-state index is 13.3. The second-order valence-corrected chi connectivity index (χ2v) is 4.70. The molecule has 0 aromatic carbocycles. The highest BCUT2D eigenvalue weighted by molar-refractivity contribution is 6.46. The lowest BCUT2D eigenvalue weighted by Gasteiger charge is -2.20. The van der Waals surface area contributed by atoms with Gasteiger partial charge in [0.25, 0.3) is 0 Å². The van der Waals surface area contributed by atoms with Crippen LogP contribution in [0, 0.1) is 40.5 Å². The molecule has 0 amide bonds. The third-order valence-corrected chi connectivity index (χ3v) is 2.40. The van der Waals surface area contributed by atoms with Gasteiger partial charge in [0.05, 0.1) is 0 Å². The fourth-order valence-electron chi connectivity index (χ4n) is 0.738. The molecule has 23 heavy (non-hydrogen) atoms. The largest absolute Gasteiger partial charge is 0.637 e. The van der Waals surface area contributed by atoms with Crippen LogP contribution in [-0.2, 0) is 9.47 Å². The first kappa shape index (κ1) is 21.0. The first-order valence-corrected chi connectivity index (χ1v) is 5.56. The molecule has 0 unspecified atom stereocenters. The van der Waals surface area contributed by atoms with Crippen molar-refractivity contribution in [1.29, 1.82) is 0 Å². The lowest BCUT2D eigenvalue weighted by Crippen LogP contribution is -2.50. The lowest BCUT2D eigenvalue weighted by molar-refractivity contribution is -0.836. The molecule has 0 aliphatic rings. The molecule has 0 atom stereocenters. The predicted molar refractivity (Wildman–Crippen MR) is 62.0 cm³/mol. The van der Waals surface area contributed by atoms with Gasteiger partial charge in [-0.05, 0) is 23.2 Å². The number of alkyl halides is 4. The van der Waals surface area contributed by atoms with Gasteiger partial charge in [0.2, 0.25) is 13.2 Å². The van der Waals surface area contributed by atoms with Crippen LogP contribution in [-0.4, -0.2) is 49.4 Å². The second-order valence-electron chi connectivity index (χ2n) is 3.51. The van der Waals surface area contributed by atoms with Crippen molar-refractivity contribution in [2.45, 2.75) is 16.5 Å². The first-order valence-electron chi connectivity index (χ1n) is 4.80. The maximum Gasteiger partial charge on any atom is 0.637 e. The molecule has 18 heteroatoms. The Balaban J connectivity index is 4.97. The van der Waals surface area contributed by atoms with Crippen LogP contribution < -0.4 is 0 Å². The molecule has 0 aliphatic carbocycles. The molecule has 0 aromatic rings. The molecule has 0 aliphatic heterocycles. The second kappa shape index (κ2) is 7.02. The minimum absolute atomic E-state index is 2.02. The van der Waals surface area contributed by atoms with Crippen LogP contribution in [0.3, 0.4) is 0 Å². The van der Waals surface area contributed by atoms with E-state index in [0.29, 0.717) is 0 Å². The summed E-state index contributed by atoms with van der Waals surface area (Å²) in [6, 6.07) is 0. The van der Waals surface area contributed by atoms with Crippen LogP contribution in [0.2, 0.25) is 0 Å². The number of nitro groups is 4. The Hall–Kier alpha value is -2.04. The van der Waals surface area contributed by atoms with Gasteiger partial charge >= 0.3 is 16.5 Å². The predicted octanol–water partition coefficient (Wildman–Crippen LogP) is 0.462. The minimum Gasteiger partial charge on any atom is -0.305 e. The van der Waals surface area contributed by atoms with Crippen molar-refractivity contribution < 1.29 is 37.9 Å². The van der Waals surface area contributed by atoms with E-state index in [2.05, 4.69) is 9.47 Å². The highest BCUT2D eigenvalue weighted by Gasteiger charge is 2.62. The molecular formula is C5H4Cl2F2N4O10. The first-order chi connectivity index (χ1) is 10.2. The summed E-state index contributed by atoms with van der Waals surface area (Å²) in [5.74, 6) is -8.84. The SMILES string of the molecule is O=[N+]([O-])C(F)(COC(Cl)(Cl)OCC(F)([N+](=O)[O-])[N+](=O)[O-])[N+](=O)[O-]. The number of hydrogen-bond donors (Lipinski definition) is 0. The maximum atomic E-state index is 13.3. The molecule has 14 nitrogen and oxygen atoms in total. The number of nitrogens with zero attached hydrogens (tertiary/aromatic N) is 4. The van der Waals surface area contributed by atoms with Gasteiger partial charge in [0.1, 0.15) is 19.7 Å². The van der Waals surface area contributed by atoms with Gasteiger partial charge < -0.3 is 9.47 Å². The molecule has 0 bridgehead atoms. The molecule has 0 saturated heterocycles. The van der Waals surface area contributed by atoms with Crippen molar-refractivity contribution in [3.63, 3.8) is 0 Å². The number of rotatable bonds is 10. The quantitative estimate of drug-likeness (QED) is 0.167. The smallest absolute Gasteiger partial charge is 0.305 e. The Kier molecular flexibility index (Phi) is 6.40. The Bertz CT molecular complexity index is 459.